The Balaban J connectivity index is 0.000000673. The van der Waals surface area contributed by atoms with Crippen molar-refractivity contribution in [3.05, 3.63) is 48.2 Å². The highest BCUT2D eigenvalue weighted by atomic mass is 16.2. The number of hydrogen-bond acceptors (Lipinski definition) is 3. The highest BCUT2D eigenvalue weighted by Gasteiger charge is 2.10. The maximum atomic E-state index is 11.6. The van der Waals surface area contributed by atoms with Crippen molar-refractivity contribution >= 4 is 5.78 Å². The molecule has 0 fully saturated rings. The summed E-state index contributed by atoms with van der Waals surface area (Å²) < 4.78 is 0. The normalized spacial score (nSPS) is 8.75. The lowest BCUT2D eigenvalue weighted by atomic mass is 10.1. The molecule has 1 aromatic carbocycles. The molecule has 0 atom stereocenters. The van der Waals surface area contributed by atoms with Crippen molar-refractivity contribution < 1.29 is 9.90 Å². The lowest BCUT2D eigenvalue weighted by Gasteiger charge is -2.13. The van der Waals surface area contributed by atoms with Gasteiger partial charge in [0.2, 0.25) is 5.78 Å². The van der Waals surface area contributed by atoms with E-state index in [1.54, 1.807) is 24.0 Å². The van der Waals surface area contributed by atoms with Gasteiger partial charge in [-0.1, -0.05) is 36.9 Å². The predicted octanol–water partition coefficient (Wildman–Crippen LogP) is 1.94. The lowest BCUT2D eigenvalue weighted by molar-refractivity contribution is 0.100. The van der Waals surface area contributed by atoms with Crippen LogP contribution >= 0.6 is 0 Å². The second kappa shape index (κ2) is 7.65. The molecule has 1 rings (SSSR count). The van der Waals surface area contributed by atoms with Crippen LogP contribution in [0.3, 0.4) is 0 Å². The molecule has 0 aromatic heterocycles. The quantitative estimate of drug-likeness (QED) is 0.626. The first-order valence-electron chi connectivity index (χ1n) is 5.11. The minimum absolute atomic E-state index is 0.0226. The Kier molecular flexibility index (Phi) is 6.88. The van der Waals surface area contributed by atoms with Crippen molar-refractivity contribution in [2.24, 2.45) is 0 Å². The van der Waals surface area contributed by atoms with E-state index in [9.17, 15) is 4.79 Å². The van der Waals surface area contributed by atoms with Crippen molar-refractivity contribution in [2.45, 2.75) is 6.92 Å². The molecule has 0 aliphatic rings. The fourth-order valence-corrected chi connectivity index (χ4v) is 0.959. The van der Waals surface area contributed by atoms with Gasteiger partial charge in [-0.3, -0.25) is 4.79 Å². The summed E-state index contributed by atoms with van der Waals surface area (Å²) >= 11 is 0. The molecular weight excluding hydrogens is 202 g/mol. The highest BCUT2D eigenvalue weighted by Crippen LogP contribution is 2.07. The second-order valence-corrected chi connectivity index (χ2v) is 3.35. The fourth-order valence-electron chi connectivity index (χ4n) is 0.959. The van der Waals surface area contributed by atoms with E-state index in [4.69, 9.17) is 5.11 Å². The zero-order valence-corrected chi connectivity index (χ0v) is 10.1. The number of carbonyl (C=O) groups excluding carboxylic acids is 1. The first-order valence-corrected chi connectivity index (χ1v) is 5.11. The van der Waals surface area contributed by atoms with Gasteiger partial charge in [-0.25, -0.2) is 0 Å². The van der Waals surface area contributed by atoms with Crippen LogP contribution in [0.1, 0.15) is 17.3 Å². The van der Waals surface area contributed by atoms with Gasteiger partial charge in [0.25, 0.3) is 0 Å². The number of nitrogens with zero attached hydrogens (tertiary/aromatic N) is 1. The Labute approximate surface area is 97.0 Å². The molecule has 16 heavy (non-hydrogen) atoms. The summed E-state index contributed by atoms with van der Waals surface area (Å²) in [6, 6.07) is 9.15. The molecule has 0 heterocycles. The third-order valence-electron chi connectivity index (χ3n) is 1.84. The summed E-state index contributed by atoms with van der Waals surface area (Å²) in [5.41, 5.74) is 1.19. The van der Waals surface area contributed by atoms with Crippen LogP contribution in [-0.4, -0.2) is 36.5 Å². The van der Waals surface area contributed by atoms with Crippen LogP contribution in [0.4, 0.5) is 0 Å². The van der Waals surface area contributed by atoms with Crippen LogP contribution in [0, 0.1) is 0 Å². The maximum Gasteiger partial charge on any atom is 0.208 e. The molecule has 0 unspecified atom stereocenters. The minimum atomic E-state index is -0.0226. The summed E-state index contributed by atoms with van der Waals surface area (Å²) in [6.07, 6.45) is 0. The average molecular weight is 221 g/mol. The Morgan fingerprint density at radius 3 is 2.12 bits per heavy atom. The first kappa shape index (κ1) is 14.4. The Morgan fingerprint density at radius 2 is 1.75 bits per heavy atom. The summed E-state index contributed by atoms with van der Waals surface area (Å²) in [6.45, 7) is 5.64. The molecule has 88 valence electrons. The van der Waals surface area contributed by atoms with E-state index in [1.165, 1.54) is 0 Å². The number of likely N-dealkylation sites (N-methyl/N-ethyl adjacent to an activating group) is 1. The number of aliphatic hydroxyl groups excluding tert-OH is 1. The third-order valence-corrected chi connectivity index (χ3v) is 1.84. The molecule has 3 nitrogen and oxygen atoms in total. The molecular formula is C13H19NO2. The number of benzene rings is 1. The van der Waals surface area contributed by atoms with Gasteiger partial charge in [-0.05, 0) is 6.92 Å². The van der Waals surface area contributed by atoms with Gasteiger partial charge in [-0.2, -0.15) is 0 Å². The lowest BCUT2D eigenvalue weighted by Crippen LogP contribution is -2.18. The zero-order chi connectivity index (χ0) is 12.6. The molecule has 0 aliphatic carbocycles. The molecule has 0 spiro atoms. The Hall–Kier alpha value is -1.61. The summed E-state index contributed by atoms with van der Waals surface area (Å²) in [5, 5.41) is 7.57. The average Bonchev–Trinajstić information content (AvgIpc) is 2.29. The topological polar surface area (TPSA) is 40.5 Å². The first-order chi connectivity index (χ1) is 7.54. The van der Waals surface area contributed by atoms with E-state index in [0.29, 0.717) is 11.3 Å². The number of allylic oxidation sites excluding steroid dienone is 1. The smallest absolute Gasteiger partial charge is 0.208 e. The van der Waals surface area contributed by atoms with Gasteiger partial charge in [0.1, 0.15) is 0 Å². The monoisotopic (exact) mass is 221 g/mol. The van der Waals surface area contributed by atoms with Crippen LogP contribution in [0.15, 0.2) is 42.6 Å². The molecule has 1 N–H and O–H groups in total. The van der Waals surface area contributed by atoms with Crippen molar-refractivity contribution in [1.29, 1.82) is 0 Å². The van der Waals surface area contributed by atoms with E-state index in [0.717, 1.165) is 0 Å². The van der Waals surface area contributed by atoms with Gasteiger partial charge >= 0.3 is 0 Å². The van der Waals surface area contributed by atoms with E-state index in [-0.39, 0.29) is 12.4 Å². The largest absolute Gasteiger partial charge is 0.397 e. The summed E-state index contributed by atoms with van der Waals surface area (Å²) in [7, 11) is 3.62. The molecule has 0 amide bonds. The van der Waals surface area contributed by atoms with E-state index >= 15 is 0 Å². The zero-order valence-electron chi connectivity index (χ0n) is 10.1. The number of ketones is 1. The van der Waals surface area contributed by atoms with Crippen LogP contribution in [0.5, 0.6) is 0 Å². The number of carbonyl (C=O) groups is 1. The SMILES string of the molecule is C=C(C(=O)c1ccccc1)N(C)C.CCO. The van der Waals surface area contributed by atoms with Crippen LogP contribution in [0.25, 0.3) is 0 Å². The Morgan fingerprint density at radius 1 is 1.31 bits per heavy atom. The molecule has 1 aromatic rings. The molecule has 0 aliphatic heterocycles. The van der Waals surface area contributed by atoms with Crippen molar-refractivity contribution in [3.63, 3.8) is 0 Å². The second-order valence-electron chi connectivity index (χ2n) is 3.35. The summed E-state index contributed by atoms with van der Waals surface area (Å²) in [4.78, 5) is 13.4. The molecule has 0 bridgehead atoms. The van der Waals surface area contributed by atoms with Gasteiger partial charge in [0.05, 0.1) is 5.70 Å². The van der Waals surface area contributed by atoms with E-state index < -0.39 is 0 Å². The number of rotatable bonds is 3. The van der Waals surface area contributed by atoms with Crippen molar-refractivity contribution in [1.82, 2.24) is 4.90 Å². The fraction of sp³-hybridized carbons (Fsp3) is 0.308. The van der Waals surface area contributed by atoms with Crippen LogP contribution < -0.4 is 0 Å². The van der Waals surface area contributed by atoms with Crippen LogP contribution in [-0.2, 0) is 0 Å². The van der Waals surface area contributed by atoms with E-state index in [2.05, 4.69) is 6.58 Å². The van der Waals surface area contributed by atoms with Gasteiger partial charge in [-0.15, -0.1) is 0 Å². The van der Waals surface area contributed by atoms with Gasteiger partial charge < -0.3 is 10.0 Å². The third kappa shape index (κ3) is 4.75. The van der Waals surface area contributed by atoms with Crippen LogP contribution in [0.2, 0.25) is 0 Å². The van der Waals surface area contributed by atoms with E-state index in [1.807, 2.05) is 32.3 Å². The highest BCUT2D eigenvalue weighted by molar-refractivity contribution is 6.07. The standard InChI is InChI=1S/C11H13NO.C2H6O/c1-9(12(2)3)11(13)10-7-5-4-6-8-10;1-2-3/h4-8H,1H2,2-3H3;3H,2H2,1H3. The van der Waals surface area contributed by atoms with Gasteiger partial charge in [0, 0.05) is 26.3 Å². The minimum Gasteiger partial charge on any atom is -0.397 e. The number of aliphatic hydroxyl groups is 1. The molecule has 0 radical (unpaired) electrons. The predicted molar refractivity (Wildman–Crippen MR) is 66.4 cm³/mol. The van der Waals surface area contributed by atoms with Crippen molar-refractivity contribution in [2.75, 3.05) is 20.7 Å². The summed E-state index contributed by atoms with van der Waals surface area (Å²) in [5.74, 6) is -0.0226. The molecule has 3 heteroatoms. The van der Waals surface area contributed by atoms with Gasteiger partial charge in [0.15, 0.2) is 0 Å². The Bertz CT molecular complexity index is 331. The molecule has 0 saturated carbocycles. The number of Topliss-reactive ketones (excluding diaryl/α,β-unsaturated/α-hetero) is 1. The van der Waals surface area contributed by atoms with Crippen molar-refractivity contribution in [3.8, 4) is 0 Å². The molecule has 0 saturated heterocycles. The maximum absolute atomic E-state index is 11.6. The number of hydrogen-bond donors (Lipinski definition) is 1.